The minimum atomic E-state index is -0.156. The van der Waals surface area contributed by atoms with Crippen LogP contribution in [0.2, 0.25) is 0 Å². The zero-order valence-electron chi connectivity index (χ0n) is 20.4. The minimum Gasteiger partial charge on any atom is -0.352 e. The second kappa shape index (κ2) is 9.66. The molecule has 1 aliphatic rings. The maximum atomic E-state index is 13.5. The number of carbonyl (C=O) groups excluding carboxylic acids is 1. The molecule has 6 nitrogen and oxygen atoms in total. The van der Waals surface area contributed by atoms with Crippen LogP contribution >= 0.6 is 11.3 Å². The molecule has 1 amide bonds. The highest BCUT2D eigenvalue weighted by Gasteiger charge is 2.29. The van der Waals surface area contributed by atoms with Crippen LogP contribution < -0.4 is 15.8 Å². The molecule has 7 heteroatoms. The molecule has 1 fully saturated rings. The first-order valence-electron chi connectivity index (χ1n) is 12.1. The van der Waals surface area contributed by atoms with Gasteiger partial charge >= 0.3 is 0 Å². The first kappa shape index (κ1) is 23.3. The predicted octanol–water partition coefficient (Wildman–Crippen LogP) is 4.91. The van der Waals surface area contributed by atoms with Gasteiger partial charge in [0.25, 0.3) is 5.56 Å². The molecular formula is C28H30N4O2S. The summed E-state index contributed by atoms with van der Waals surface area (Å²) in [6.07, 6.45) is 1.69. The van der Waals surface area contributed by atoms with Crippen LogP contribution in [0, 0.1) is 26.7 Å². The average Bonchev–Trinajstić information content (AvgIpc) is 3.34. The lowest BCUT2D eigenvalue weighted by Crippen LogP contribution is -2.45. The molecule has 0 saturated carbocycles. The van der Waals surface area contributed by atoms with Crippen LogP contribution in [0.4, 0.5) is 5.95 Å². The summed E-state index contributed by atoms with van der Waals surface area (Å²) in [5, 5.41) is 5.03. The first-order chi connectivity index (χ1) is 16.9. The van der Waals surface area contributed by atoms with Crippen molar-refractivity contribution < 1.29 is 4.79 Å². The molecule has 1 N–H and O–H groups in total. The predicted molar refractivity (Wildman–Crippen MR) is 143 cm³/mol. The number of nitrogens with one attached hydrogen (secondary N) is 1. The molecular weight excluding hydrogens is 456 g/mol. The second-order valence-corrected chi connectivity index (χ2v) is 10.4. The van der Waals surface area contributed by atoms with E-state index in [4.69, 9.17) is 4.98 Å². The summed E-state index contributed by atoms with van der Waals surface area (Å²) in [4.78, 5) is 33.6. The quantitative estimate of drug-likeness (QED) is 0.436. The topological polar surface area (TPSA) is 67.2 Å². The summed E-state index contributed by atoms with van der Waals surface area (Å²) in [7, 11) is 0. The Bertz CT molecular complexity index is 1460. The average molecular weight is 487 g/mol. The normalized spacial score (nSPS) is 16.0. The molecule has 1 saturated heterocycles. The van der Waals surface area contributed by atoms with Crippen LogP contribution in [-0.2, 0) is 11.3 Å². The van der Waals surface area contributed by atoms with Crippen molar-refractivity contribution in [3.8, 4) is 5.69 Å². The molecule has 35 heavy (non-hydrogen) atoms. The minimum absolute atomic E-state index is 0.0500. The number of hydrogen-bond acceptors (Lipinski definition) is 5. The van der Waals surface area contributed by atoms with E-state index in [0.29, 0.717) is 29.3 Å². The highest BCUT2D eigenvalue weighted by molar-refractivity contribution is 7.17. The molecule has 2 aromatic heterocycles. The van der Waals surface area contributed by atoms with E-state index in [1.807, 2.05) is 42.6 Å². The molecule has 1 atom stereocenters. The van der Waals surface area contributed by atoms with Crippen molar-refractivity contribution in [1.82, 2.24) is 14.9 Å². The smallest absolute Gasteiger partial charge is 0.277 e. The molecule has 180 valence electrons. The molecule has 4 aromatic rings. The van der Waals surface area contributed by atoms with E-state index in [2.05, 4.69) is 42.3 Å². The van der Waals surface area contributed by atoms with Crippen LogP contribution in [0.25, 0.3) is 15.9 Å². The lowest BCUT2D eigenvalue weighted by molar-refractivity contribution is -0.125. The fourth-order valence-electron chi connectivity index (χ4n) is 4.73. The van der Waals surface area contributed by atoms with Crippen LogP contribution in [-0.4, -0.2) is 28.5 Å². The van der Waals surface area contributed by atoms with Crippen molar-refractivity contribution in [2.24, 2.45) is 5.92 Å². The molecule has 3 heterocycles. The third kappa shape index (κ3) is 4.73. The number of carbonyl (C=O) groups is 1. The Morgan fingerprint density at radius 2 is 1.97 bits per heavy atom. The van der Waals surface area contributed by atoms with Crippen molar-refractivity contribution in [3.63, 3.8) is 0 Å². The van der Waals surface area contributed by atoms with Crippen molar-refractivity contribution in [2.45, 2.75) is 40.2 Å². The van der Waals surface area contributed by atoms with E-state index < -0.39 is 0 Å². The number of aryl methyl sites for hydroxylation is 3. The fraction of sp³-hybridized carbons (Fsp3) is 0.321. The van der Waals surface area contributed by atoms with Gasteiger partial charge < -0.3 is 10.2 Å². The van der Waals surface area contributed by atoms with Gasteiger partial charge in [-0.1, -0.05) is 30.3 Å². The SMILES string of the molecule is Cc1cccc(-n2c(N3CCCC(C(=O)NCc4ccc(C)c(C)c4)C3)nc3ccsc3c2=O)c1. The first-order valence-corrected chi connectivity index (χ1v) is 12.9. The zero-order chi connectivity index (χ0) is 24.5. The van der Waals surface area contributed by atoms with E-state index in [1.54, 1.807) is 4.57 Å². The van der Waals surface area contributed by atoms with Crippen molar-refractivity contribution in [3.05, 3.63) is 86.5 Å². The van der Waals surface area contributed by atoms with Crippen LogP contribution in [0.1, 0.15) is 35.1 Å². The van der Waals surface area contributed by atoms with Gasteiger partial charge in [-0.25, -0.2) is 9.55 Å². The van der Waals surface area contributed by atoms with Crippen LogP contribution in [0.15, 0.2) is 58.7 Å². The fourth-order valence-corrected chi connectivity index (χ4v) is 5.49. The lowest BCUT2D eigenvalue weighted by Gasteiger charge is -2.34. The number of hydrogen-bond donors (Lipinski definition) is 1. The Balaban J connectivity index is 1.42. The van der Waals surface area contributed by atoms with E-state index in [1.165, 1.54) is 22.5 Å². The van der Waals surface area contributed by atoms with Crippen molar-refractivity contribution >= 4 is 33.4 Å². The van der Waals surface area contributed by atoms with Crippen molar-refractivity contribution in [1.29, 1.82) is 0 Å². The Morgan fingerprint density at radius 3 is 2.77 bits per heavy atom. The van der Waals surface area contributed by atoms with Gasteiger partial charge in [0.1, 0.15) is 4.70 Å². The van der Waals surface area contributed by atoms with Crippen LogP contribution in [0.3, 0.4) is 0 Å². The summed E-state index contributed by atoms with van der Waals surface area (Å²) in [6.45, 7) is 8.00. The molecule has 5 rings (SSSR count). The highest BCUT2D eigenvalue weighted by atomic mass is 32.1. The summed E-state index contributed by atoms with van der Waals surface area (Å²) in [6, 6.07) is 16.1. The number of piperidine rings is 1. The van der Waals surface area contributed by atoms with Crippen LogP contribution in [0.5, 0.6) is 0 Å². The number of amides is 1. The van der Waals surface area contributed by atoms with Gasteiger partial charge in [-0.3, -0.25) is 9.59 Å². The number of fused-ring (bicyclic) bond motifs is 1. The van der Waals surface area contributed by atoms with Gasteiger partial charge in [0.2, 0.25) is 11.9 Å². The molecule has 1 aliphatic heterocycles. The van der Waals surface area contributed by atoms with Gasteiger partial charge in [0, 0.05) is 19.6 Å². The highest BCUT2D eigenvalue weighted by Crippen LogP contribution is 2.27. The Morgan fingerprint density at radius 1 is 1.11 bits per heavy atom. The number of aromatic nitrogens is 2. The number of benzene rings is 2. The van der Waals surface area contributed by atoms with Gasteiger partial charge in [-0.2, -0.15) is 0 Å². The third-order valence-electron chi connectivity index (χ3n) is 6.84. The second-order valence-electron chi connectivity index (χ2n) is 9.45. The van der Waals surface area contributed by atoms with Gasteiger partial charge in [-0.15, -0.1) is 11.3 Å². The molecule has 0 aliphatic carbocycles. The molecule has 0 radical (unpaired) electrons. The van der Waals surface area contributed by atoms with E-state index in [0.717, 1.165) is 36.2 Å². The van der Waals surface area contributed by atoms with Gasteiger partial charge in [0.05, 0.1) is 17.1 Å². The largest absolute Gasteiger partial charge is 0.352 e. The van der Waals surface area contributed by atoms with E-state index in [9.17, 15) is 9.59 Å². The standard InChI is InChI=1S/C28H30N4O2S/c1-18-6-4-8-23(14-18)32-27(34)25-24(11-13-35-25)30-28(32)31-12-5-7-22(17-31)26(33)29-16-21-10-9-19(2)20(3)15-21/h4,6,8-11,13-15,22H,5,7,12,16-17H2,1-3H3,(H,29,33). The van der Waals surface area contributed by atoms with Crippen molar-refractivity contribution in [2.75, 3.05) is 18.0 Å². The molecule has 2 aromatic carbocycles. The van der Waals surface area contributed by atoms with Gasteiger partial charge in [-0.05, 0) is 79.4 Å². The Hall–Kier alpha value is -3.45. The van der Waals surface area contributed by atoms with E-state index >= 15 is 0 Å². The summed E-state index contributed by atoms with van der Waals surface area (Å²) in [5.41, 5.74) is 6.10. The Kier molecular flexibility index (Phi) is 6.43. The monoisotopic (exact) mass is 486 g/mol. The third-order valence-corrected chi connectivity index (χ3v) is 7.73. The maximum Gasteiger partial charge on any atom is 0.277 e. The summed E-state index contributed by atoms with van der Waals surface area (Å²) in [5.74, 6) is 0.503. The number of rotatable bonds is 5. The molecule has 0 bridgehead atoms. The zero-order valence-corrected chi connectivity index (χ0v) is 21.2. The van der Waals surface area contributed by atoms with E-state index in [-0.39, 0.29) is 17.4 Å². The Labute approximate surface area is 209 Å². The molecule has 0 spiro atoms. The maximum absolute atomic E-state index is 13.5. The lowest BCUT2D eigenvalue weighted by atomic mass is 9.97. The summed E-state index contributed by atoms with van der Waals surface area (Å²) < 4.78 is 2.36. The number of thiophene rings is 1. The number of nitrogens with zero attached hydrogens (tertiary/aromatic N) is 3. The van der Waals surface area contributed by atoms with Gasteiger partial charge in [0.15, 0.2) is 0 Å². The summed E-state index contributed by atoms with van der Waals surface area (Å²) >= 11 is 1.42. The molecule has 1 unspecified atom stereocenters. The number of anilines is 1.